The van der Waals surface area contributed by atoms with Gasteiger partial charge in [0.2, 0.25) is 5.91 Å². The molecule has 2 aromatic carbocycles. The van der Waals surface area contributed by atoms with E-state index < -0.39 is 0 Å². The Balaban J connectivity index is 1.48. The number of carbonyl (C=O) groups excluding carboxylic acids is 1. The second-order valence-corrected chi connectivity index (χ2v) is 6.57. The Morgan fingerprint density at radius 2 is 1.92 bits per heavy atom. The van der Waals surface area contributed by atoms with Crippen LogP contribution in [0.3, 0.4) is 0 Å². The van der Waals surface area contributed by atoms with Gasteiger partial charge in [-0.15, -0.1) is 0 Å². The molecule has 6 heteroatoms. The third-order valence-corrected chi connectivity index (χ3v) is 4.92. The van der Waals surface area contributed by atoms with E-state index in [-0.39, 0.29) is 29.7 Å². The quantitative estimate of drug-likeness (QED) is 0.729. The normalized spacial score (nSPS) is 17.0. The zero-order valence-electron chi connectivity index (χ0n) is 14.1. The summed E-state index contributed by atoms with van der Waals surface area (Å²) < 4.78 is 14.4. The highest BCUT2D eigenvalue weighted by atomic mass is 19.1. The van der Waals surface area contributed by atoms with Crippen molar-refractivity contribution in [3.8, 4) is 0 Å². The van der Waals surface area contributed by atoms with Crippen LogP contribution in [0.25, 0.3) is 10.9 Å². The first-order chi connectivity index (χ1) is 12.6. The van der Waals surface area contributed by atoms with Crippen molar-refractivity contribution >= 4 is 16.8 Å². The molecule has 5 nitrogen and oxygen atoms in total. The van der Waals surface area contributed by atoms with E-state index in [0.717, 1.165) is 12.0 Å². The minimum atomic E-state index is -0.261. The maximum atomic E-state index is 13.1. The highest BCUT2D eigenvalue weighted by Crippen LogP contribution is 2.27. The lowest BCUT2D eigenvalue weighted by Gasteiger charge is -2.17. The number of para-hydroxylation sites is 1. The fraction of sp³-hybridized carbons (Fsp3) is 0.250. The van der Waals surface area contributed by atoms with Crippen molar-refractivity contribution < 1.29 is 9.18 Å². The molecule has 1 aliphatic heterocycles. The summed E-state index contributed by atoms with van der Waals surface area (Å²) in [4.78, 5) is 31.1. The number of fused-ring (bicyclic) bond motifs is 1. The molecule has 3 aromatic rings. The summed E-state index contributed by atoms with van der Waals surface area (Å²) in [5.74, 6) is -0.164. The van der Waals surface area contributed by atoms with Crippen molar-refractivity contribution in [3.05, 3.63) is 76.6 Å². The molecule has 1 saturated heterocycles. The number of rotatable bonds is 3. The van der Waals surface area contributed by atoms with Crippen LogP contribution in [0.2, 0.25) is 0 Å². The number of amides is 1. The zero-order chi connectivity index (χ0) is 18.1. The van der Waals surface area contributed by atoms with Crippen LogP contribution in [0, 0.1) is 5.82 Å². The Bertz CT molecular complexity index is 1010. The molecule has 0 bridgehead atoms. The monoisotopic (exact) mass is 351 g/mol. The van der Waals surface area contributed by atoms with E-state index >= 15 is 0 Å². The molecular weight excluding hydrogens is 333 g/mol. The fourth-order valence-electron chi connectivity index (χ4n) is 3.46. The highest BCUT2D eigenvalue weighted by Gasteiger charge is 2.27. The molecule has 1 fully saturated rings. The number of aromatic nitrogens is 2. The first-order valence-corrected chi connectivity index (χ1v) is 8.59. The molecule has 0 unspecified atom stereocenters. The van der Waals surface area contributed by atoms with E-state index in [9.17, 15) is 14.0 Å². The summed E-state index contributed by atoms with van der Waals surface area (Å²) in [5, 5.41) is 0.508. The van der Waals surface area contributed by atoms with Crippen LogP contribution >= 0.6 is 0 Å². The molecule has 132 valence electrons. The molecule has 0 N–H and O–H groups in total. The minimum Gasteiger partial charge on any atom is -0.341 e. The number of benzene rings is 2. The smallest absolute Gasteiger partial charge is 0.261 e. The van der Waals surface area contributed by atoms with Gasteiger partial charge in [-0.2, -0.15) is 0 Å². The molecule has 0 spiro atoms. The molecule has 2 heterocycles. The predicted octanol–water partition coefficient (Wildman–Crippen LogP) is 2.55. The number of hydrogen-bond donors (Lipinski definition) is 0. The molecule has 1 aromatic heterocycles. The van der Waals surface area contributed by atoms with Crippen LogP contribution in [0.5, 0.6) is 0 Å². The molecule has 26 heavy (non-hydrogen) atoms. The van der Waals surface area contributed by atoms with E-state index in [2.05, 4.69) is 4.98 Å². The van der Waals surface area contributed by atoms with E-state index in [4.69, 9.17) is 0 Å². The van der Waals surface area contributed by atoms with Gasteiger partial charge in [-0.1, -0.05) is 24.3 Å². The summed E-state index contributed by atoms with van der Waals surface area (Å²) in [6.45, 7) is 1.20. The van der Waals surface area contributed by atoms with Gasteiger partial charge in [0.05, 0.1) is 17.2 Å². The standard InChI is InChI=1S/C20H18FN3O2/c21-16-7-5-14(6-8-16)15-9-10-23(11-15)19(25)12-24-13-22-18-4-2-1-3-17(18)20(24)26/h1-8,13,15H,9-12H2/t15-/m1/s1. The lowest BCUT2D eigenvalue weighted by molar-refractivity contribution is -0.130. The van der Waals surface area contributed by atoms with E-state index in [1.165, 1.54) is 23.0 Å². The van der Waals surface area contributed by atoms with Crippen molar-refractivity contribution in [1.82, 2.24) is 14.5 Å². The molecule has 1 aliphatic rings. The van der Waals surface area contributed by atoms with Crippen molar-refractivity contribution in [2.24, 2.45) is 0 Å². The van der Waals surface area contributed by atoms with Crippen molar-refractivity contribution in [3.63, 3.8) is 0 Å². The summed E-state index contributed by atoms with van der Waals surface area (Å²) >= 11 is 0. The van der Waals surface area contributed by atoms with Gasteiger partial charge in [0.25, 0.3) is 5.56 Å². The number of nitrogens with zero attached hydrogens (tertiary/aromatic N) is 3. The number of halogens is 1. The van der Waals surface area contributed by atoms with Crippen molar-refractivity contribution in [2.45, 2.75) is 18.9 Å². The number of likely N-dealkylation sites (tertiary alicyclic amines) is 1. The highest BCUT2D eigenvalue weighted by molar-refractivity contribution is 5.79. The van der Waals surface area contributed by atoms with Gasteiger partial charge in [-0.05, 0) is 36.2 Å². The third-order valence-electron chi connectivity index (χ3n) is 4.92. The second-order valence-electron chi connectivity index (χ2n) is 6.57. The maximum Gasteiger partial charge on any atom is 0.261 e. The second kappa shape index (κ2) is 6.71. The Morgan fingerprint density at radius 3 is 2.73 bits per heavy atom. The predicted molar refractivity (Wildman–Crippen MR) is 96.3 cm³/mol. The topological polar surface area (TPSA) is 55.2 Å². The summed E-state index contributed by atoms with van der Waals surface area (Å²) in [6, 6.07) is 13.5. The molecule has 0 aliphatic carbocycles. The lowest BCUT2D eigenvalue weighted by atomic mass is 9.99. The maximum absolute atomic E-state index is 13.1. The van der Waals surface area contributed by atoms with E-state index in [1.807, 2.05) is 6.07 Å². The molecule has 1 atom stereocenters. The Morgan fingerprint density at radius 1 is 1.15 bits per heavy atom. The van der Waals surface area contributed by atoms with Crippen LogP contribution in [0.1, 0.15) is 17.9 Å². The Labute approximate surface area is 149 Å². The summed E-state index contributed by atoms with van der Waals surface area (Å²) in [6.07, 6.45) is 2.26. The summed E-state index contributed by atoms with van der Waals surface area (Å²) in [7, 11) is 0. The minimum absolute atomic E-state index is 0.0210. The van der Waals surface area contributed by atoms with Crippen LogP contribution in [-0.2, 0) is 11.3 Å². The van der Waals surface area contributed by atoms with Crippen molar-refractivity contribution in [1.29, 1.82) is 0 Å². The van der Waals surface area contributed by atoms with Gasteiger partial charge in [0.1, 0.15) is 12.4 Å². The zero-order valence-corrected chi connectivity index (χ0v) is 14.1. The average Bonchev–Trinajstić information content (AvgIpc) is 3.15. The summed E-state index contributed by atoms with van der Waals surface area (Å²) in [5.41, 5.74) is 1.45. The Hall–Kier alpha value is -3.02. The van der Waals surface area contributed by atoms with Gasteiger partial charge >= 0.3 is 0 Å². The molecule has 1 amide bonds. The molecule has 4 rings (SSSR count). The number of hydrogen-bond acceptors (Lipinski definition) is 3. The number of carbonyl (C=O) groups is 1. The van der Waals surface area contributed by atoms with Gasteiger partial charge in [-0.3, -0.25) is 14.2 Å². The lowest BCUT2D eigenvalue weighted by Crippen LogP contribution is -2.35. The Kier molecular flexibility index (Phi) is 4.24. The SMILES string of the molecule is O=C(Cn1cnc2ccccc2c1=O)N1CC[C@@H](c2ccc(F)cc2)C1. The average molecular weight is 351 g/mol. The van der Waals surface area contributed by atoms with E-state index in [0.29, 0.717) is 24.0 Å². The van der Waals surface area contributed by atoms with Gasteiger partial charge in [0, 0.05) is 19.0 Å². The first-order valence-electron chi connectivity index (χ1n) is 8.59. The van der Waals surface area contributed by atoms with E-state index in [1.54, 1.807) is 35.2 Å². The van der Waals surface area contributed by atoms with Crippen LogP contribution in [-0.4, -0.2) is 33.4 Å². The van der Waals surface area contributed by atoms with Gasteiger partial charge in [0.15, 0.2) is 0 Å². The molecule has 0 saturated carbocycles. The van der Waals surface area contributed by atoms with Crippen molar-refractivity contribution in [2.75, 3.05) is 13.1 Å². The first kappa shape index (κ1) is 16.4. The van der Waals surface area contributed by atoms with Crippen LogP contribution in [0.4, 0.5) is 4.39 Å². The van der Waals surface area contributed by atoms with Crippen LogP contribution in [0.15, 0.2) is 59.7 Å². The van der Waals surface area contributed by atoms with Crippen LogP contribution < -0.4 is 5.56 Å². The van der Waals surface area contributed by atoms with Gasteiger partial charge in [-0.25, -0.2) is 9.37 Å². The van der Waals surface area contributed by atoms with Gasteiger partial charge < -0.3 is 4.90 Å². The largest absolute Gasteiger partial charge is 0.341 e. The third kappa shape index (κ3) is 3.10. The fourth-order valence-corrected chi connectivity index (χ4v) is 3.46. The molecular formula is C20H18FN3O2. The molecule has 0 radical (unpaired) electrons.